The summed E-state index contributed by atoms with van der Waals surface area (Å²) in [6.45, 7) is 7.65. The first kappa shape index (κ1) is 29.1. The predicted molar refractivity (Wildman–Crippen MR) is 167 cm³/mol. The van der Waals surface area contributed by atoms with Crippen molar-refractivity contribution in [1.82, 2.24) is 19.9 Å². The Kier molecular flexibility index (Phi) is 8.11. The monoisotopic (exact) mass is 615 g/mol. The number of methoxy groups -OCH3 is 1. The topological polar surface area (TPSA) is 122 Å². The van der Waals surface area contributed by atoms with Gasteiger partial charge in [-0.15, -0.1) is 0 Å². The Balaban J connectivity index is 1.21. The molecular formula is C31H30FN7O4S. The molecule has 0 aliphatic carbocycles. The highest BCUT2D eigenvalue weighted by Gasteiger charge is 2.33. The second-order valence-corrected chi connectivity index (χ2v) is 11.3. The van der Waals surface area contributed by atoms with Gasteiger partial charge >= 0.3 is 0 Å². The number of thiazole rings is 1. The van der Waals surface area contributed by atoms with E-state index in [0.717, 1.165) is 29.1 Å². The number of benzene rings is 1. The van der Waals surface area contributed by atoms with Crippen LogP contribution in [0.3, 0.4) is 0 Å². The molecule has 3 aromatic heterocycles. The van der Waals surface area contributed by atoms with Gasteiger partial charge in [0.05, 0.1) is 37.3 Å². The quantitative estimate of drug-likeness (QED) is 0.276. The number of aryl methyl sites for hydroxylation is 1. The minimum Gasteiger partial charge on any atom is -0.493 e. The van der Waals surface area contributed by atoms with Gasteiger partial charge in [-0.05, 0) is 42.8 Å². The molecule has 226 valence electrons. The van der Waals surface area contributed by atoms with Crippen LogP contribution in [0.5, 0.6) is 11.5 Å². The maximum absolute atomic E-state index is 14.2. The third kappa shape index (κ3) is 5.78. The Morgan fingerprint density at radius 3 is 2.86 bits per heavy atom. The highest BCUT2D eigenvalue weighted by atomic mass is 32.1. The van der Waals surface area contributed by atoms with Crippen LogP contribution in [-0.4, -0.2) is 71.1 Å². The Morgan fingerprint density at radius 2 is 2.07 bits per heavy atom. The van der Waals surface area contributed by atoms with Crippen molar-refractivity contribution in [3.63, 3.8) is 0 Å². The number of piperazine rings is 1. The van der Waals surface area contributed by atoms with E-state index in [1.165, 1.54) is 25.4 Å². The molecule has 2 aliphatic heterocycles. The van der Waals surface area contributed by atoms with E-state index in [1.807, 2.05) is 17.0 Å². The largest absolute Gasteiger partial charge is 0.493 e. The van der Waals surface area contributed by atoms with Gasteiger partial charge in [-0.25, -0.2) is 19.3 Å². The van der Waals surface area contributed by atoms with Crippen LogP contribution in [0, 0.1) is 12.7 Å². The normalized spacial score (nSPS) is 15.8. The van der Waals surface area contributed by atoms with E-state index in [2.05, 4.69) is 27.1 Å². The van der Waals surface area contributed by atoms with E-state index < -0.39 is 11.7 Å². The van der Waals surface area contributed by atoms with Gasteiger partial charge in [0.15, 0.2) is 28.3 Å². The summed E-state index contributed by atoms with van der Waals surface area (Å²) in [6.07, 6.45) is 5.28. The van der Waals surface area contributed by atoms with Gasteiger partial charge in [0.1, 0.15) is 10.7 Å². The van der Waals surface area contributed by atoms with Crippen molar-refractivity contribution in [3.05, 3.63) is 77.7 Å². The van der Waals surface area contributed by atoms with Crippen molar-refractivity contribution in [1.29, 1.82) is 0 Å². The third-order valence-electron chi connectivity index (χ3n) is 7.57. The fraction of sp³-hybridized carbons (Fsp3) is 0.258. The van der Waals surface area contributed by atoms with Crippen LogP contribution in [0.4, 0.5) is 26.8 Å². The summed E-state index contributed by atoms with van der Waals surface area (Å²) in [5.41, 5.74) is 2.12. The number of pyridine rings is 2. The number of nitrogens with one attached hydrogen (secondary N) is 2. The fourth-order valence-electron chi connectivity index (χ4n) is 5.28. The zero-order valence-electron chi connectivity index (χ0n) is 24.2. The maximum atomic E-state index is 14.2. The van der Waals surface area contributed by atoms with E-state index in [1.54, 1.807) is 31.3 Å². The summed E-state index contributed by atoms with van der Waals surface area (Å²) < 4.78 is 25.9. The molecule has 1 fully saturated rings. The molecule has 13 heteroatoms. The third-order valence-corrected chi connectivity index (χ3v) is 8.48. The second kappa shape index (κ2) is 12.3. The highest BCUT2D eigenvalue weighted by Crippen LogP contribution is 2.37. The number of amides is 2. The van der Waals surface area contributed by atoms with Gasteiger partial charge in [0.2, 0.25) is 5.91 Å². The molecule has 1 unspecified atom stereocenters. The summed E-state index contributed by atoms with van der Waals surface area (Å²) in [5, 5.41) is 6.18. The number of hydrogen-bond acceptors (Lipinski definition) is 10. The van der Waals surface area contributed by atoms with Crippen molar-refractivity contribution < 1.29 is 23.5 Å². The van der Waals surface area contributed by atoms with Gasteiger partial charge in [-0.3, -0.25) is 9.59 Å². The summed E-state index contributed by atoms with van der Waals surface area (Å²) in [4.78, 5) is 43.1. The minimum atomic E-state index is -0.507. The number of ether oxygens (including phenoxy) is 2. The van der Waals surface area contributed by atoms with E-state index in [9.17, 15) is 14.0 Å². The van der Waals surface area contributed by atoms with Crippen molar-refractivity contribution in [2.45, 2.75) is 19.4 Å². The molecule has 0 spiro atoms. The molecule has 44 heavy (non-hydrogen) atoms. The predicted octanol–water partition coefficient (Wildman–Crippen LogP) is 5.04. The van der Waals surface area contributed by atoms with Gasteiger partial charge in [0.25, 0.3) is 5.91 Å². The van der Waals surface area contributed by atoms with E-state index in [4.69, 9.17) is 19.4 Å². The molecule has 1 atom stereocenters. The number of nitrogens with zero attached hydrogens (tertiary/aromatic N) is 5. The molecular weight excluding hydrogens is 585 g/mol. The highest BCUT2D eigenvalue weighted by molar-refractivity contribution is 7.17. The average Bonchev–Trinajstić information content (AvgIpc) is 3.43. The molecule has 2 aliphatic rings. The summed E-state index contributed by atoms with van der Waals surface area (Å²) in [5.74, 6) is 1.23. The molecule has 11 nitrogen and oxygen atoms in total. The number of aromatic nitrogens is 3. The number of rotatable bonds is 7. The van der Waals surface area contributed by atoms with E-state index >= 15 is 0 Å². The van der Waals surface area contributed by atoms with Crippen LogP contribution in [0.2, 0.25) is 0 Å². The molecule has 1 aromatic carbocycles. The van der Waals surface area contributed by atoms with Crippen LogP contribution in [-0.2, 0) is 4.79 Å². The lowest BCUT2D eigenvalue weighted by Gasteiger charge is -2.40. The van der Waals surface area contributed by atoms with Gasteiger partial charge in [-0.1, -0.05) is 30.0 Å². The fourth-order valence-corrected chi connectivity index (χ4v) is 5.99. The molecule has 5 heterocycles. The minimum absolute atomic E-state index is 0.0664. The number of para-hydroxylation sites is 1. The smallest absolute Gasteiger partial charge is 0.267 e. The van der Waals surface area contributed by atoms with Crippen molar-refractivity contribution in [2.24, 2.45) is 0 Å². The van der Waals surface area contributed by atoms with Crippen molar-refractivity contribution in [2.75, 3.05) is 48.9 Å². The molecule has 0 saturated carbocycles. The summed E-state index contributed by atoms with van der Waals surface area (Å²) >= 11 is 1.10. The number of carbonyl (C=O) groups is 2. The number of carbonyl (C=O) groups excluding carboxylic acids is 2. The molecule has 2 amide bonds. The zero-order valence-corrected chi connectivity index (χ0v) is 25.0. The van der Waals surface area contributed by atoms with Gasteiger partial charge in [0, 0.05) is 37.8 Å². The SMILES string of the molecule is C=CC(=O)N1CCN2c3ncc(-c4ccc(OC)c(Nc5ncc(C(=O)Nc6c(C)cccc6F)s5)n4)cc3OCCC2C1. The Bertz CT molecular complexity index is 1730. The Labute approximate surface area is 257 Å². The number of fused-ring (bicyclic) bond motifs is 3. The van der Waals surface area contributed by atoms with Gasteiger partial charge in [-0.2, -0.15) is 0 Å². The first-order chi connectivity index (χ1) is 21.3. The summed E-state index contributed by atoms with van der Waals surface area (Å²) in [6, 6.07) is 10.2. The molecule has 2 N–H and O–H groups in total. The molecule has 6 rings (SSSR count). The number of hydrogen-bond donors (Lipinski definition) is 2. The van der Waals surface area contributed by atoms with Crippen molar-refractivity contribution in [3.8, 4) is 22.8 Å². The van der Waals surface area contributed by atoms with Crippen LogP contribution < -0.4 is 25.0 Å². The van der Waals surface area contributed by atoms with Gasteiger partial charge < -0.3 is 29.9 Å². The molecule has 0 radical (unpaired) electrons. The van der Waals surface area contributed by atoms with Crippen LogP contribution in [0.15, 0.2) is 61.4 Å². The maximum Gasteiger partial charge on any atom is 0.267 e. The number of halogens is 1. The van der Waals surface area contributed by atoms with Crippen LogP contribution >= 0.6 is 11.3 Å². The first-order valence-corrected chi connectivity index (χ1v) is 14.8. The van der Waals surface area contributed by atoms with Crippen molar-refractivity contribution >= 4 is 45.6 Å². The molecule has 4 aromatic rings. The van der Waals surface area contributed by atoms with Crippen LogP contribution in [0.25, 0.3) is 11.3 Å². The molecule has 0 bridgehead atoms. The van der Waals surface area contributed by atoms with E-state index in [-0.39, 0.29) is 17.6 Å². The Morgan fingerprint density at radius 1 is 1.20 bits per heavy atom. The van der Waals surface area contributed by atoms with Crippen LogP contribution in [0.1, 0.15) is 21.7 Å². The first-order valence-electron chi connectivity index (χ1n) is 14.0. The Hall–Kier alpha value is -5.04. The summed E-state index contributed by atoms with van der Waals surface area (Å²) in [7, 11) is 1.54. The number of anilines is 4. The lowest BCUT2D eigenvalue weighted by atomic mass is 10.1. The standard InChI is InChI=1S/C31H30FN7O4S/c1-4-26(40)38-11-12-39-20(17-38)10-13-43-24-14-19(15-33-29(24)39)22-8-9-23(42-3)28(35-22)37-31-34-16-25(44-31)30(41)36-27-18(2)6-5-7-21(27)32/h4-9,14-16,20H,1,10-13,17H2,2-3H3,(H,36,41)(H,34,35,37). The average molecular weight is 616 g/mol. The molecule has 1 saturated heterocycles. The second-order valence-electron chi connectivity index (χ2n) is 10.3. The van der Waals surface area contributed by atoms with E-state index in [0.29, 0.717) is 64.8 Å². The lowest BCUT2D eigenvalue weighted by Crippen LogP contribution is -2.54. The lowest BCUT2D eigenvalue weighted by molar-refractivity contribution is -0.126. The zero-order chi connectivity index (χ0) is 30.8.